The van der Waals surface area contributed by atoms with Gasteiger partial charge in [-0.15, -0.1) is 0 Å². The molecule has 0 bridgehead atoms. The summed E-state index contributed by atoms with van der Waals surface area (Å²) in [7, 11) is 0. The number of aromatic nitrogens is 1. The van der Waals surface area contributed by atoms with Crippen LogP contribution < -0.4 is 4.74 Å². The van der Waals surface area contributed by atoms with Crippen LogP contribution in [0.4, 0.5) is 0 Å². The number of nitrogens with zero attached hydrogens (tertiary/aromatic N) is 1. The predicted octanol–water partition coefficient (Wildman–Crippen LogP) is 3.33. The number of rotatable bonds is 3. The van der Waals surface area contributed by atoms with Gasteiger partial charge in [0.1, 0.15) is 11.3 Å². The van der Waals surface area contributed by atoms with Crippen LogP contribution >= 0.6 is 15.9 Å². The molecule has 5 heteroatoms. The van der Waals surface area contributed by atoms with E-state index >= 15 is 0 Å². The molecule has 0 saturated carbocycles. The van der Waals surface area contributed by atoms with Crippen molar-refractivity contribution >= 4 is 21.9 Å². The van der Waals surface area contributed by atoms with Gasteiger partial charge >= 0.3 is 5.97 Å². The largest absolute Gasteiger partial charge is 0.478 e. The molecule has 1 N–H and O–H groups in total. The van der Waals surface area contributed by atoms with Crippen molar-refractivity contribution in [2.75, 3.05) is 0 Å². The highest BCUT2D eigenvalue weighted by Crippen LogP contribution is 2.30. The van der Waals surface area contributed by atoms with E-state index in [0.717, 1.165) is 4.47 Å². The highest BCUT2D eigenvalue weighted by atomic mass is 79.9. The fourth-order valence-electron chi connectivity index (χ4n) is 1.28. The molecule has 0 unspecified atom stereocenters. The van der Waals surface area contributed by atoms with Crippen molar-refractivity contribution in [3.05, 3.63) is 52.8 Å². The van der Waals surface area contributed by atoms with Gasteiger partial charge in [-0.2, -0.15) is 0 Å². The molecule has 0 saturated heterocycles. The summed E-state index contributed by atoms with van der Waals surface area (Å²) in [5.41, 5.74) is 0.0794. The maximum absolute atomic E-state index is 11.0. The van der Waals surface area contributed by atoms with Crippen LogP contribution in [0.3, 0.4) is 0 Å². The Hall–Kier alpha value is -1.88. The summed E-state index contributed by atoms with van der Waals surface area (Å²) in [4.78, 5) is 14.8. The Morgan fingerprint density at radius 1 is 1.24 bits per heavy atom. The number of benzene rings is 1. The lowest BCUT2D eigenvalue weighted by Gasteiger charge is -2.09. The van der Waals surface area contributed by atoms with Gasteiger partial charge in [0, 0.05) is 6.20 Å². The van der Waals surface area contributed by atoms with E-state index in [0.29, 0.717) is 5.75 Å². The first kappa shape index (κ1) is 11.6. The van der Waals surface area contributed by atoms with E-state index in [1.807, 2.05) is 12.1 Å². The van der Waals surface area contributed by atoms with Crippen LogP contribution in [-0.4, -0.2) is 16.1 Å². The Balaban J connectivity index is 2.37. The third-order valence-corrected chi connectivity index (χ3v) is 2.73. The number of carboxylic acid groups (broad SMARTS) is 1. The first-order chi connectivity index (χ1) is 8.18. The second-order valence-corrected chi connectivity index (χ2v) is 4.06. The quantitative estimate of drug-likeness (QED) is 0.943. The van der Waals surface area contributed by atoms with Gasteiger partial charge in [-0.1, -0.05) is 12.1 Å². The number of hydrogen-bond donors (Lipinski definition) is 1. The molecule has 0 amide bonds. The summed E-state index contributed by atoms with van der Waals surface area (Å²) in [6.07, 6.45) is 2.79. The second kappa shape index (κ2) is 4.97. The highest BCUT2D eigenvalue weighted by Gasteiger charge is 2.12. The average Bonchev–Trinajstić information content (AvgIpc) is 2.32. The normalized spacial score (nSPS) is 9.94. The van der Waals surface area contributed by atoms with E-state index in [1.165, 1.54) is 18.5 Å². The van der Waals surface area contributed by atoms with Crippen molar-refractivity contribution in [3.63, 3.8) is 0 Å². The van der Waals surface area contributed by atoms with Crippen molar-refractivity contribution in [3.8, 4) is 11.5 Å². The summed E-state index contributed by atoms with van der Waals surface area (Å²) in [6, 6.07) is 8.60. The smallest absolute Gasteiger partial charge is 0.339 e. The molecule has 86 valence electrons. The summed E-state index contributed by atoms with van der Waals surface area (Å²) in [6.45, 7) is 0. The molecule has 0 aliphatic carbocycles. The minimum atomic E-state index is -1.05. The molecular formula is C12H8BrNO3. The molecule has 0 radical (unpaired) electrons. The monoisotopic (exact) mass is 293 g/mol. The van der Waals surface area contributed by atoms with Gasteiger partial charge in [-0.05, 0) is 34.1 Å². The third kappa shape index (κ3) is 2.62. The molecular weight excluding hydrogens is 286 g/mol. The molecule has 17 heavy (non-hydrogen) atoms. The minimum absolute atomic E-state index is 0.0794. The Morgan fingerprint density at radius 3 is 2.71 bits per heavy atom. The van der Waals surface area contributed by atoms with Crippen LogP contribution in [0.5, 0.6) is 11.5 Å². The molecule has 1 aromatic heterocycles. The molecule has 4 nitrogen and oxygen atoms in total. The van der Waals surface area contributed by atoms with Crippen molar-refractivity contribution in [1.82, 2.24) is 4.98 Å². The lowest BCUT2D eigenvalue weighted by atomic mass is 10.2. The zero-order chi connectivity index (χ0) is 12.3. The van der Waals surface area contributed by atoms with Crippen molar-refractivity contribution < 1.29 is 14.6 Å². The van der Waals surface area contributed by atoms with Crippen LogP contribution in [0.1, 0.15) is 10.4 Å². The van der Waals surface area contributed by atoms with Gasteiger partial charge in [-0.25, -0.2) is 4.79 Å². The van der Waals surface area contributed by atoms with E-state index in [9.17, 15) is 4.79 Å². The highest BCUT2D eigenvalue weighted by molar-refractivity contribution is 9.10. The number of halogens is 1. The first-order valence-corrected chi connectivity index (χ1v) is 5.57. The van der Waals surface area contributed by atoms with Gasteiger partial charge in [0.05, 0.1) is 10.7 Å². The van der Waals surface area contributed by atoms with E-state index in [2.05, 4.69) is 20.9 Å². The fourth-order valence-corrected chi connectivity index (χ4v) is 1.65. The molecule has 1 heterocycles. The zero-order valence-electron chi connectivity index (χ0n) is 8.63. The maximum Gasteiger partial charge on any atom is 0.339 e. The Labute approximate surface area is 106 Å². The predicted molar refractivity (Wildman–Crippen MR) is 65.4 cm³/mol. The van der Waals surface area contributed by atoms with Crippen LogP contribution in [0, 0.1) is 0 Å². The van der Waals surface area contributed by atoms with Crippen LogP contribution in [-0.2, 0) is 0 Å². The van der Waals surface area contributed by atoms with Gasteiger partial charge in [0.15, 0.2) is 5.75 Å². The molecule has 0 aliphatic heterocycles. The summed E-state index contributed by atoms with van der Waals surface area (Å²) in [5, 5.41) is 8.99. The van der Waals surface area contributed by atoms with E-state index in [-0.39, 0.29) is 11.3 Å². The number of pyridine rings is 1. The molecule has 2 rings (SSSR count). The molecule has 0 spiro atoms. The first-order valence-electron chi connectivity index (χ1n) is 4.78. The van der Waals surface area contributed by atoms with Gasteiger partial charge in [0.2, 0.25) is 0 Å². The summed E-state index contributed by atoms with van der Waals surface area (Å²) < 4.78 is 6.26. The van der Waals surface area contributed by atoms with Crippen molar-refractivity contribution in [2.45, 2.75) is 0 Å². The van der Waals surface area contributed by atoms with Crippen molar-refractivity contribution in [1.29, 1.82) is 0 Å². The van der Waals surface area contributed by atoms with Crippen LogP contribution in [0.15, 0.2) is 47.2 Å². The van der Waals surface area contributed by atoms with E-state index in [1.54, 1.807) is 12.1 Å². The standard InChI is InChI=1S/C12H8BrNO3/c13-9-3-1-2-4-10(9)17-11-7-14-6-5-8(11)12(15)16/h1-7H,(H,15,16). The number of carbonyl (C=O) groups is 1. The Kier molecular flexibility index (Phi) is 3.39. The zero-order valence-corrected chi connectivity index (χ0v) is 10.2. The van der Waals surface area contributed by atoms with E-state index < -0.39 is 5.97 Å². The summed E-state index contributed by atoms with van der Waals surface area (Å²) in [5.74, 6) is -0.288. The number of aromatic carboxylic acids is 1. The van der Waals surface area contributed by atoms with Gasteiger partial charge < -0.3 is 9.84 Å². The van der Waals surface area contributed by atoms with E-state index in [4.69, 9.17) is 9.84 Å². The summed E-state index contributed by atoms with van der Waals surface area (Å²) >= 11 is 3.32. The second-order valence-electron chi connectivity index (χ2n) is 3.21. The minimum Gasteiger partial charge on any atom is -0.478 e. The number of ether oxygens (including phenoxy) is 1. The molecule has 0 fully saturated rings. The molecule has 0 aliphatic rings. The van der Waals surface area contributed by atoms with Crippen LogP contribution in [0.25, 0.3) is 0 Å². The molecule has 1 aromatic carbocycles. The lowest BCUT2D eigenvalue weighted by molar-refractivity contribution is 0.0694. The van der Waals surface area contributed by atoms with Gasteiger partial charge in [-0.3, -0.25) is 4.98 Å². The SMILES string of the molecule is O=C(O)c1ccncc1Oc1ccccc1Br. The molecule has 2 aromatic rings. The number of carboxylic acids is 1. The van der Waals surface area contributed by atoms with Gasteiger partial charge in [0.25, 0.3) is 0 Å². The Bertz CT molecular complexity index is 557. The average molecular weight is 294 g/mol. The van der Waals surface area contributed by atoms with Crippen LogP contribution in [0.2, 0.25) is 0 Å². The topological polar surface area (TPSA) is 59.4 Å². The maximum atomic E-state index is 11.0. The lowest BCUT2D eigenvalue weighted by Crippen LogP contribution is -2.00. The van der Waals surface area contributed by atoms with Crippen molar-refractivity contribution in [2.24, 2.45) is 0 Å². The third-order valence-electron chi connectivity index (χ3n) is 2.07. The number of hydrogen-bond acceptors (Lipinski definition) is 3. The molecule has 0 atom stereocenters. The fraction of sp³-hybridized carbons (Fsp3) is 0. The Morgan fingerprint density at radius 2 is 2.00 bits per heavy atom. The number of para-hydroxylation sites is 1.